The quantitative estimate of drug-likeness (QED) is 0.584. The number of carbonyl (C=O) groups excluding carboxylic acids is 1. The van der Waals surface area contributed by atoms with Crippen molar-refractivity contribution in [3.8, 4) is 0 Å². The van der Waals surface area contributed by atoms with Crippen LogP contribution in [0.5, 0.6) is 0 Å². The summed E-state index contributed by atoms with van der Waals surface area (Å²) in [6, 6.07) is 9.92. The van der Waals surface area contributed by atoms with Crippen molar-refractivity contribution in [3.63, 3.8) is 0 Å². The monoisotopic (exact) mass is 508 g/mol. The minimum atomic E-state index is -3.68. The van der Waals surface area contributed by atoms with Gasteiger partial charge in [-0.05, 0) is 42.7 Å². The van der Waals surface area contributed by atoms with Crippen molar-refractivity contribution in [3.05, 3.63) is 67.6 Å². The Morgan fingerprint density at radius 1 is 1.07 bits per heavy atom. The van der Waals surface area contributed by atoms with Gasteiger partial charge in [-0.15, -0.1) is 0 Å². The lowest BCUT2D eigenvalue weighted by Gasteiger charge is -2.31. The third-order valence-electron chi connectivity index (χ3n) is 5.00. The zero-order chi connectivity index (χ0) is 21.9. The Morgan fingerprint density at radius 2 is 1.77 bits per heavy atom. The molecular formula is C20H20Cl4N2O3S. The largest absolute Gasteiger partial charge is 0.352 e. The second-order valence-corrected chi connectivity index (χ2v) is 10.7. The van der Waals surface area contributed by atoms with Crippen molar-refractivity contribution in [2.75, 3.05) is 13.1 Å². The Morgan fingerprint density at radius 3 is 2.43 bits per heavy atom. The second-order valence-electron chi connectivity index (χ2n) is 7.11. The summed E-state index contributed by atoms with van der Waals surface area (Å²) in [7, 11) is -3.68. The zero-order valence-electron chi connectivity index (χ0n) is 15.9. The van der Waals surface area contributed by atoms with Crippen molar-refractivity contribution < 1.29 is 13.2 Å². The van der Waals surface area contributed by atoms with E-state index in [0.29, 0.717) is 45.0 Å². The summed E-state index contributed by atoms with van der Waals surface area (Å²) in [6.07, 6.45) is 1.20. The maximum atomic E-state index is 12.9. The molecule has 10 heteroatoms. The third-order valence-corrected chi connectivity index (χ3v) is 8.07. The molecule has 162 valence electrons. The van der Waals surface area contributed by atoms with Gasteiger partial charge in [0.25, 0.3) is 0 Å². The molecule has 30 heavy (non-hydrogen) atoms. The first-order chi connectivity index (χ1) is 14.2. The molecule has 1 aliphatic rings. The highest BCUT2D eigenvalue weighted by atomic mass is 35.5. The first-order valence-corrected chi connectivity index (χ1v) is 12.4. The number of benzene rings is 2. The minimum Gasteiger partial charge on any atom is -0.352 e. The predicted octanol–water partition coefficient (Wildman–Crippen LogP) is 5.16. The number of hydrogen-bond acceptors (Lipinski definition) is 3. The topological polar surface area (TPSA) is 66.5 Å². The summed E-state index contributed by atoms with van der Waals surface area (Å²) in [5, 5.41) is 4.43. The van der Waals surface area contributed by atoms with Gasteiger partial charge in [-0.3, -0.25) is 4.79 Å². The number of amides is 1. The first kappa shape index (κ1) is 23.6. The van der Waals surface area contributed by atoms with E-state index in [1.807, 2.05) is 0 Å². The van der Waals surface area contributed by atoms with E-state index in [1.54, 1.807) is 36.4 Å². The molecule has 1 amide bonds. The van der Waals surface area contributed by atoms with Gasteiger partial charge in [-0.1, -0.05) is 58.5 Å². The molecule has 3 rings (SSSR count). The molecule has 2 aromatic rings. The standard InChI is InChI=1S/C20H20Cl4N2O3S/c21-15-7-6-13(19(24)9-15)10-25-20(27)14-3-2-8-26(11-14)30(28,29)12-16-17(22)4-1-5-18(16)23/h1,4-7,9,14H,2-3,8,10-12H2,(H,25,27). The summed E-state index contributed by atoms with van der Waals surface area (Å²) < 4.78 is 27.2. The van der Waals surface area contributed by atoms with Crippen molar-refractivity contribution in [2.24, 2.45) is 5.92 Å². The van der Waals surface area contributed by atoms with E-state index >= 15 is 0 Å². The van der Waals surface area contributed by atoms with E-state index in [-0.39, 0.29) is 24.7 Å². The van der Waals surface area contributed by atoms with Crippen molar-refractivity contribution in [1.29, 1.82) is 0 Å². The van der Waals surface area contributed by atoms with Crippen LogP contribution < -0.4 is 5.32 Å². The predicted molar refractivity (Wildman–Crippen MR) is 122 cm³/mol. The average Bonchev–Trinajstić information content (AvgIpc) is 2.70. The highest BCUT2D eigenvalue weighted by molar-refractivity contribution is 7.88. The Kier molecular flexibility index (Phi) is 7.93. The fourth-order valence-electron chi connectivity index (χ4n) is 3.34. The van der Waals surface area contributed by atoms with Gasteiger partial charge in [0.1, 0.15) is 0 Å². The molecule has 2 aromatic carbocycles. The lowest BCUT2D eigenvalue weighted by atomic mass is 9.99. The van der Waals surface area contributed by atoms with Crippen LogP contribution >= 0.6 is 46.4 Å². The lowest BCUT2D eigenvalue weighted by Crippen LogP contribution is -2.45. The number of halogens is 4. The average molecular weight is 510 g/mol. The molecule has 1 atom stereocenters. The minimum absolute atomic E-state index is 0.116. The maximum absolute atomic E-state index is 12.9. The number of rotatable bonds is 6. The first-order valence-electron chi connectivity index (χ1n) is 9.29. The number of sulfonamides is 1. The van der Waals surface area contributed by atoms with Gasteiger partial charge in [-0.25, -0.2) is 12.7 Å². The zero-order valence-corrected chi connectivity index (χ0v) is 19.7. The number of nitrogens with zero attached hydrogens (tertiary/aromatic N) is 1. The van der Waals surface area contributed by atoms with Crippen LogP contribution in [0.4, 0.5) is 0 Å². The SMILES string of the molecule is O=C(NCc1ccc(Cl)cc1Cl)C1CCCN(S(=O)(=O)Cc2c(Cl)cccc2Cl)C1. The Balaban J connectivity index is 1.64. The number of piperidine rings is 1. The molecule has 1 heterocycles. The van der Waals surface area contributed by atoms with E-state index in [1.165, 1.54) is 4.31 Å². The Hall–Kier alpha value is -1.02. The molecule has 0 spiro atoms. The maximum Gasteiger partial charge on any atom is 0.224 e. The molecule has 0 radical (unpaired) electrons. The van der Waals surface area contributed by atoms with E-state index < -0.39 is 15.9 Å². The Bertz CT molecular complexity index is 1030. The summed E-state index contributed by atoms with van der Waals surface area (Å²) in [5.41, 5.74) is 1.10. The van der Waals surface area contributed by atoms with Crippen LogP contribution in [0.15, 0.2) is 36.4 Å². The molecule has 0 aliphatic carbocycles. The van der Waals surface area contributed by atoms with Gasteiger partial charge in [0, 0.05) is 45.3 Å². The number of nitrogens with one attached hydrogen (secondary N) is 1. The molecular weight excluding hydrogens is 490 g/mol. The van der Waals surface area contributed by atoms with Crippen LogP contribution in [0, 0.1) is 5.92 Å². The Labute approximate surface area is 196 Å². The van der Waals surface area contributed by atoms with Crippen LogP contribution in [0.25, 0.3) is 0 Å². The van der Waals surface area contributed by atoms with Crippen molar-refractivity contribution in [2.45, 2.75) is 25.1 Å². The van der Waals surface area contributed by atoms with Gasteiger partial charge >= 0.3 is 0 Å². The molecule has 1 saturated heterocycles. The van der Waals surface area contributed by atoms with Gasteiger partial charge in [-0.2, -0.15) is 0 Å². The molecule has 1 fully saturated rings. The van der Waals surface area contributed by atoms with Crippen LogP contribution in [0.3, 0.4) is 0 Å². The summed E-state index contributed by atoms with van der Waals surface area (Å²) in [5.74, 6) is -0.960. The summed E-state index contributed by atoms with van der Waals surface area (Å²) in [6.45, 7) is 0.717. The fourth-order valence-corrected chi connectivity index (χ4v) is 6.18. The van der Waals surface area contributed by atoms with E-state index in [9.17, 15) is 13.2 Å². The normalized spacial score (nSPS) is 17.7. The molecule has 1 aliphatic heterocycles. The highest BCUT2D eigenvalue weighted by Crippen LogP contribution is 2.29. The van der Waals surface area contributed by atoms with Crippen LogP contribution in [-0.2, 0) is 27.1 Å². The lowest BCUT2D eigenvalue weighted by molar-refractivity contribution is -0.126. The fraction of sp³-hybridized carbons (Fsp3) is 0.350. The van der Waals surface area contributed by atoms with Crippen LogP contribution in [0.1, 0.15) is 24.0 Å². The molecule has 5 nitrogen and oxygen atoms in total. The molecule has 0 saturated carbocycles. The summed E-state index contributed by atoms with van der Waals surface area (Å²) >= 11 is 24.3. The summed E-state index contributed by atoms with van der Waals surface area (Å²) in [4.78, 5) is 12.6. The van der Waals surface area contributed by atoms with Gasteiger partial charge in [0.15, 0.2) is 0 Å². The molecule has 0 bridgehead atoms. The van der Waals surface area contributed by atoms with E-state index in [4.69, 9.17) is 46.4 Å². The van der Waals surface area contributed by atoms with E-state index in [2.05, 4.69) is 5.32 Å². The smallest absolute Gasteiger partial charge is 0.224 e. The molecule has 0 aromatic heterocycles. The van der Waals surface area contributed by atoms with Crippen molar-refractivity contribution >= 4 is 62.3 Å². The molecule has 1 N–H and O–H groups in total. The highest BCUT2D eigenvalue weighted by Gasteiger charge is 2.33. The van der Waals surface area contributed by atoms with Gasteiger partial charge in [0.05, 0.1) is 11.7 Å². The number of hydrogen-bond donors (Lipinski definition) is 1. The van der Waals surface area contributed by atoms with E-state index in [0.717, 1.165) is 5.56 Å². The van der Waals surface area contributed by atoms with Gasteiger partial charge in [0.2, 0.25) is 15.9 Å². The van der Waals surface area contributed by atoms with Crippen LogP contribution in [0.2, 0.25) is 20.1 Å². The molecule has 1 unspecified atom stereocenters. The van der Waals surface area contributed by atoms with Crippen LogP contribution in [-0.4, -0.2) is 31.7 Å². The van der Waals surface area contributed by atoms with Gasteiger partial charge < -0.3 is 5.32 Å². The number of carbonyl (C=O) groups is 1. The van der Waals surface area contributed by atoms with Crippen molar-refractivity contribution in [1.82, 2.24) is 9.62 Å². The third kappa shape index (κ3) is 5.81. The second kappa shape index (κ2) is 10.1.